The standard InChI is InChI=1S/C7H13NO3S/c1-4(3-12)6(9)8-5(2)7(10)11/h4-5,12H,3H2,1-2H3,(H,8,9)(H,10,11)/t4?,5-/m0/s1. The second kappa shape index (κ2) is 5.03. The lowest BCUT2D eigenvalue weighted by Crippen LogP contribution is -2.41. The predicted octanol–water partition coefficient (Wildman–Crippen LogP) is 0.142. The van der Waals surface area contributed by atoms with Gasteiger partial charge in [0.1, 0.15) is 6.04 Å². The monoisotopic (exact) mass is 191 g/mol. The quantitative estimate of drug-likeness (QED) is 0.554. The van der Waals surface area contributed by atoms with Crippen molar-refractivity contribution < 1.29 is 14.7 Å². The summed E-state index contributed by atoms with van der Waals surface area (Å²) in [6.45, 7) is 3.11. The molecule has 4 nitrogen and oxygen atoms in total. The molecular weight excluding hydrogens is 178 g/mol. The van der Waals surface area contributed by atoms with Crippen molar-refractivity contribution in [1.29, 1.82) is 0 Å². The molecule has 70 valence electrons. The van der Waals surface area contributed by atoms with Crippen LogP contribution in [0, 0.1) is 5.92 Å². The van der Waals surface area contributed by atoms with Gasteiger partial charge in [0.15, 0.2) is 0 Å². The third-order valence-electron chi connectivity index (χ3n) is 1.45. The first-order valence-electron chi connectivity index (χ1n) is 3.63. The van der Waals surface area contributed by atoms with Crippen LogP contribution in [0.2, 0.25) is 0 Å². The van der Waals surface area contributed by atoms with Crippen LogP contribution >= 0.6 is 12.6 Å². The number of amides is 1. The molecule has 0 aromatic rings. The van der Waals surface area contributed by atoms with E-state index in [1.165, 1.54) is 6.92 Å². The number of carboxylic acid groups (broad SMARTS) is 1. The van der Waals surface area contributed by atoms with Gasteiger partial charge in [-0.1, -0.05) is 6.92 Å². The minimum atomic E-state index is -1.03. The number of carbonyl (C=O) groups excluding carboxylic acids is 1. The zero-order chi connectivity index (χ0) is 9.72. The molecule has 12 heavy (non-hydrogen) atoms. The van der Waals surface area contributed by atoms with Crippen LogP contribution in [-0.2, 0) is 9.59 Å². The molecule has 0 aromatic heterocycles. The Morgan fingerprint density at radius 1 is 1.50 bits per heavy atom. The number of thiol groups is 1. The first-order valence-corrected chi connectivity index (χ1v) is 4.26. The van der Waals surface area contributed by atoms with Crippen LogP contribution < -0.4 is 5.32 Å². The summed E-state index contributed by atoms with van der Waals surface area (Å²) in [5, 5.41) is 10.8. The van der Waals surface area contributed by atoms with E-state index in [4.69, 9.17) is 5.11 Å². The second-order valence-corrected chi connectivity index (χ2v) is 3.02. The maximum Gasteiger partial charge on any atom is 0.325 e. The minimum Gasteiger partial charge on any atom is -0.480 e. The number of carboxylic acids is 1. The molecule has 1 unspecified atom stereocenters. The molecule has 1 amide bonds. The average molecular weight is 191 g/mol. The Balaban J connectivity index is 3.92. The Morgan fingerprint density at radius 3 is 2.33 bits per heavy atom. The van der Waals surface area contributed by atoms with E-state index in [0.29, 0.717) is 5.75 Å². The van der Waals surface area contributed by atoms with Gasteiger partial charge in [-0.3, -0.25) is 9.59 Å². The molecule has 0 radical (unpaired) electrons. The number of carbonyl (C=O) groups is 2. The van der Waals surface area contributed by atoms with E-state index in [9.17, 15) is 9.59 Å². The summed E-state index contributed by atoms with van der Waals surface area (Å²) in [5.74, 6) is -1.15. The number of hydrogen-bond acceptors (Lipinski definition) is 3. The summed E-state index contributed by atoms with van der Waals surface area (Å²) >= 11 is 3.92. The van der Waals surface area contributed by atoms with E-state index in [1.807, 2.05) is 0 Å². The topological polar surface area (TPSA) is 66.4 Å². The molecule has 0 saturated carbocycles. The van der Waals surface area contributed by atoms with Crippen LogP contribution in [0.25, 0.3) is 0 Å². The van der Waals surface area contributed by atoms with Gasteiger partial charge in [-0.05, 0) is 6.92 Å². The van der Waals surface area contributed by atoms with E-state index in [0.717, 1.165) is 0 Å². The molecule has 0 saturated heterocycles. The van der Waals surface area contributed by atoms with Gasteiger partial charge in [-0.25, -0.2) is 0 Å². The zero-order valence-electron chi connectivity index (χ0n) is 7.07. The fraction of sp³-hybridized carbons (Fsp3) is 0.714. The van der Waals surface area contributed by atoms with Crippen LogP contribution in [-0.4, -0.2) is 28.8 Å². The molecule has 0 fully saturated rings. The molecule has 0 heterocycles. The Morgan fingerprint density at radius 2 is 2.00 bits per heavy atom. The van der Waals surface area contributed by atoms with Crippen molar-refractivity contribution in [2.45, 2.75) is 19.9 Å². The van der Waals surface area contributed by atoms with E-state index in [-0.39, 0.29) is 11.8 Å². The molecular formula is C7H13NO3S. The van der Waals surface area contributed by atoms with Crippen molar-refractivity contribution in [3.05, 3.63) is 0 Å². The van der Waals surface area contributed by atoms with Crippen LogP contribution in [0.4, 0.5) is 0 Å². The SMILES string of the molecule is CC(CS)C(=O)N[C@@H](C)C(=O)O. The van der Waals surface area contributed by atoms with Crippen LogP contribution in [0.5, 0.6) is 0 Å². The van der Waals surface area contributed by atoms with Crippen LogP contribution in [0.3, 0.4) is 0 Å². The third-order valence-corrected chi connectivity index (χ3v) is 2.00. The molecule has 0 aliphatic heterocycles. The zero-order valence-corrected chi connectivity index (χ0v) is 7.97. The molecule has 0 rings (SSSR count). The van der Waals surface area contributed by atoms with Crippen LogP contribution in [0.15, 0.2) is 0 Å². The van der Waals surface area contributed by atoms with Gasteiger partial charge in [0.2, 0.25) is 5.91 Å². The molecule has 2 atom stereocenters. The van der Waals surface area contributed by atoms with Gasteiger partial charge < -0.3 is 10.4 Å². The summed E-state index contributed by atoms with van der Waals surface area (Å²) in [7, 11) is 0. The normalized spacial score (nSPS) is 14.9. The van der Waals surface area contributed by atoms with Gasteiger partial charge in [0, 0.05) is 11.7 Å². The van der Waals surface area contributed by atoms with Crippen molar-refractivity contribution in [1.82, 2.24) is 5.32 Å². The first-order chi connectivity index (χ1) is 5.49. The van der Waals surface area contributed by atoms with Crippen molar-refractivity contribution in [2.24, 2.45) is 5.92 Å². The summed E-state index contributed by atoms with van der Waals surface area (Å²) in [5.41, 5.74) is 0. The van der Waals surface area contributed by atoms with Gasteiger partial charge in [0.25, 0.3) is 0 Å². The highest BCUT2D eigenvalue weighted by atomic mass is 32.1. The number of hydrogen-bond donors (Lipinski definition) is 3. The van der Waals surface area contributed by atoms with Crippen molar-refractivity contribution in [3.63, 3.8) is 0 Å². The summed E-state index contributed by atoms with van der Waals surface area (Å²) in [6, 6.07) is -0.833. The first kappa shape index (κ1) is 11.3. The predicted molar refractivity (Wildman–Crippen MR) is 48.3 cm³/mol. The Kier molecular flexibility index (Phi) is 4.73. The number of nitrogens with one attached hydrogen (secondary N) is 1. The van der Waals surface area contributed by atoms with Gasteiger partial charge in [-0.2, -0.15) is 12.6 Å². The molecule has 5 heteroatoms. The van der Waals surface area contributed by atoms with Gasteiger partial charge in [-0.15, -0.1) is 0 Å². The molecule has 0 spiro atoms. The van der Waals surface area contributed by atoms with E-state index in [2.05, 4.69) is 17.9 Å². The highest BCUT2D eigenvalue weighted by molar-refractivity contribution is 7.80. The lowest BCUT2D eigenvalue weighted by atomic mass is 10.2. The minimum absolute atomic E-state index is 0.255. The Labute approximate surface area is 76.8 Å². The fourth-order valence-electron chi connectivity index (χ4n) is 0.500. The highest BCUT2D eigenvalue weighted by Crippen LogP contribution is 1.97. The Hall–Kier alpha value is -0.710. The molecule has 0 aliphatic carbocycles. The van der Waals surface area contributed by atoms with Crippen molar-refractivity contribution in [3.8, 4) is 0 Å². The number of rotatable bonds is 4. The van der Waals surface area contributed by atoms with Gasteiger partial charge >= 0.3 is 5.97 Å². The molecule has 0 aromatic carbocycles. The maximum atomic E-state index is 11.1. The maximum absolute atomic E-state index is 11.1. The molecule has 0 bridgehead atoms. The lowest BCUT2D eigenvalue weighted by Gasteiger charge is -2.12. The molecule has 0 aliphatic rings. The lowest BCUT2D eigenvalue weighted by molar-refractivity contribution is -0.141. The van der Waals surface area contributed by atoms with Crippen molar-refractivity contribution >= 4 is 24.5 Å². The summed E-state index contributed by atoms with van der Waals surface area (Å²) in [4.78, 5) is 21.4. The largest absolute Gasteiger partial charge is 0.480 e. The smallest absolute Gasteiger partial charge is 0.325 e. The average Bonchev–Trinajstić information content (AvgIpc) is 2.02. The fourth-order valence-corrected chi connectivity index (χ4v) is 0.666. The highest BCUT2D eigenvalue weighted by Gasteiger charge is 2.17. The summed E-state index contributed by atoms with van der Waals surface area (Å²) < 4.78 is 0. The van der Waals surface area contributed by atoms with Crippen LogP contribution in [0.1, 0.15) is 13.8 Å². The second-order valence-electron chi connectivity index (χ2n) is 2.65. The Bertz CT molecular complexity index is 183. The molecule has 2 N–H and O–H groups in total. The number of aliphatic carboxylic acids is 1. The van der Waals surface area contributed by atoms with E-state index in [1.54, 1.807) is 6.92 Å². The third kappa shape index (κ3) is 3.61. The summed E-state index contributed by atoms with van der Waals surface area (Å²) in [6.07, 6.45) is 0. The van der Waals surface area contributed by atoms with E-state index < -0.39 is 12.0 Å². The van der Waals surface area contributed by atoms with Gasteiger partial charge in [0.05, 0.1) is 0 Å². The van der Waals surface area contributed by atoms with Crippen molar-refractivity contribution in [2.75, 3.05) is 5.75 Å². The van der Waals surface area contributed by atoms with E-state index >= 15 is 0 Å².